The van der Waals surface area contributed by atoms with Gasteiger partial charge in [-0.15, -0.1) is 23.7 Å². The fourth-order valence-corrected chi connectivity index (χ4v) is 3.76. The molecule has 0 spiro atoms. The number of nitrogens with one attached hydrogen (secondary N) is 1. The molecule has 1 aliphatic rings. The molecular weight excluding hydrogens is 371 g/mol. The lowest BCUT2D eigenvalue weighted by Gasteiger charge is -2.36. The summed E-state index contributed by atoms with van der Waals surface area (Å²) < 4.78 is 38.2. The number of halogens is 4. The van der Waals surface area contributed by atoms with Crippen LogP contribution >= 0.6 is 23.7 Å². The number of alkyl halides is 3. The van der Waals surface area contributed by atoms with Crippen molar-refractivity contribution >= 4 is 23.7 Å². The summed E-state index contributed by atoms with van der Waals surface area (Å²) in [5, 5.41) is 2.61. The van der Waals surface area contributed by atoms with Crippen LogP contribution in [0.25, 0.3) is 0 Å². The number of hydrogen-bond donors (Lipinski definition) is 1. The van der Waals surface area contributed by atoms with Crippen LogP contribution in [-0.4, -0.2) is 29.5 Å². The van der Waals surface area contributed by atoms with E-state index in [1.165, 1.54) is 17.3 Å². The second kappa shape index (κ2) is 8.49. The Morgan fingerprint density at radius 2 is 2.00 bits per heavy atom. The van der Waals surface area contributed by atoms with Crippen LogP contribution in [0.4, 0.5) is 13.2 Å². The molecule has 3 nitrogen and oxygen atoms in total. The van der Waals surface area contributed by atoms with Crippen LogP contribution in [0.2, 0.25) is 0 Å². The zero-order valence-electron chi connectivity index (χ0n) is 13.8. The van der Waals surface area contributed by atoms with Crippen molar-refractivity contribution in [1.82, 2.24) is 15.2 Å². The van der Waals surface area contributed by atoms with Crippen molar-refractivity contribution in [2.24, 2.45) is 0 Å². The van der Waals surface area contributed by atoms with Gasteiger partial charge in [0.1, 0.15) is 0 Å². The molecule has 2 aromatic rings. The highest BCUT2D eigenvalue weighted by Crippen LogP contribution is 2.34. The summed E-state index contributed by atoms with van der Waals surface area (Å²) >= 11 is 0.739. The van der Waals surface area contributed by atoms with Crippen LogP contribution in [-0.2, 0) is 19.1 Å². The number of benzene rings is 1. The minimum atomic E-state index is -4.36. The van der Waals surface area contributed by atoms with Gasteiger partial charge in [0.2, 0.25) is 0 Å². The molecule has 138 valence electrons. The van der Waals surface area contributed by atoms with Crippen LogP contribution in [0.5, 0.6) is 0 Å². The summed E-state index contributed by atoms with van der Waals surface area (Å²) in [5.41, 5.74) is 2.48. The third-order valence-corrected chi connectivity index (χ3v) is 5.31. The number of rotatable bonds is 4. The van der Waals surface area contributed by atoms with E-state index in [1.807, 2.05) is 0 Å². The van der Waals surface area contributed by atoms with Crippen molar-refractivity contribution in [3.05, 3.63) is 51.5 Å². The van der Waals surface area contributed by atoms with E-state index in [4.69, 9.17) is 0 Å². The van der Waals surface area contributed by atoms with E-state index in [9.17, 15) is 13.2 Å². The molecule has 1 atom stereocenters. The molecule has 1 aromatic carbocycles. The number of nitrogens with zero attached hydrogens (tertiary/aromatic N) is 2. The molecule has 0 aliphatic carbocycles. The van der Waals surface area contributed by atoms with Gasteiger partial charge in [0.15, 0.2) is 5.01 Å². The Morgan fingerprint density at radius 1 is 1.28 bits per heavy atom. The van der Waals surface area contributed by atoms with Gasteiger partial charge in [0, 0.05) is 43.3 Å². The molecular formula is C17H21ClF3N3S. The Morgan fingerprint density at radius 3 is 2.60 bits per heavy atom. The fraction of sp³-hybridized carbons (Fsp3) is 0.471. The number of hydrogen-bond acceptors (Lipinski definition) is 4. The number of thiazole rings is 1. The molecule has 1 aromatic heterocycles. The zero-order valence-corrected chi connectivity index (χ0v) is 15.5. The van der Waals surface area contributed by atoms with Crippen molar-refractivity contribution in [2.75, 3.05) is 19.6 Å². The Labute approximate surface area is 155 Å². The van der Waals surface area contributed by atoms with Crippen molar-refractivity contribution in [3.8, 4) is 0 Å². The minimum Gasteiger partial charge on any atom is -0.314 e. The van der Waals surface area contributed by atoms with E-state index in [1.54, 1.807) is 0 Å². The summed E-state index contributed by atoms with van der Waals surface area (Å²) in [7, 11) is 0. The van der Waals surface area contributed by atoms with Crippen LogP contribution < -0.4 is 5.32 Å². The maximum absolute atomic E-state index is 12.7. The Hall–Kier alpha value is -1.15. The SMILES string of the molecule is CCc1ccc(C2CNCCN2Cc2cnc(C(F)(F)F)s2)cc1.Cl. The number of aryl methyl sites for hydroxylation is 1. The topological polar surface area (TPSA) is 28.2 Å². The maximum atomic E-state index is 12.7. The van der Waals surface area contributed by atoms with Crippen LogP contribution in [0.3, 0.4) is 0 Å². The van der Waals surface area contributed by atoms with Gasteiger partial charge >= 0.3 is 6.18 Å². The predicted octanol–water partition coefficient (Wildman–Crippen LogP) is 4.29. The van der Waals surface area contributed by atoms with Crippen molar-refractivity contribution in [2.45, 2.75) is 32.1 Å². The second-order valence-corrected chi connectivity index (χ2v) is 7.03. The normalized spacial score (nSPS) is 18.8. The first kappa shape index (κ1) is 20.2. The molecule has 8 heteroatoms. The van der Waals surface area contributed by atoms with Crippen LogP contribution in [0.1, 0.15) is 34.0 Å². The Balaban J connectivity index is 0.00000225. The first-order valence-electron chi connectivity index (χ1n) is 8.03. The van der Waals surface area contributed by atoms with Crippen LogP contribution in [0.15, 0.2) is 30.5 Å². The molecule has 1 fully saturated rings. The standard InChI is InChI=1S/C17H20F3N3S.ClH/c1-2-12-3-5-13(6-4-12)15-10-21-7-8-23(15)11-14-9-22-16(24-14)17(18,19)20;/h3-6,9,15,21H,2,7-8,10-11H2,1H3;1H. The van der Waals surface area contributed by atoms with E-state index in [0.717, 1.165) is 37.4 Å². The molecule has 1 saturated heterocycles. The van der Waals surface area contributed by atoms with E-state index in [2.05, 4.69) is 46.4 Å². The van der Waals surface area contributed by atoms with Crippen LogP contribution in [0, 0.1) is 0 Å². The highest BCUT2D eigenvalue weighted by atomic mass is 35.5. The van der Waals surface area contributed by atoms with Gasteiger partial charge in [0.25, 0.3) is 0 Å². The van der Waals surface area contributed by atoms with Gasteiger partial charge in [-0.1, -0.05) is 31.2 Å². The summed E-state index contributed by atoms with van der Waals surface area (Å²) in [6, 6.07) is 8.66. The summed E-state index contributed by atoms with van der Waals surface area (Å²) in [4.78, 5) is 6.40. The van der Waals surface area contributed by atoms with Gasteiger partial charge in [0.05, 0.1) is 0 Å². The Kier molecular flexibility index (Phi) is 6.85. The maximum Gasteiger partial charge on any atom is 0.443 e. The van der Waals surface area contributed by atoms with E-state index < -0.39 is 11.2 Å². The third-order valence-electron chi connectivity index (χ3n) is 4.28. The zero-order chi connectivity index (χ0) is 17.2. The lowest BCUT2D eigenvalue weighted by atomic mass is 10.0. The number of piperazine rings is 1. The minimum absolute atomic E-state index is 0. The lowest BCUT2D eigenvalue weighted by molar-refractivity contribution is -0.137. The average molecular weight is 392 g/mol. The molecule has 1 unspecified atom stereocenters. The van der Waals surface area contributed by atoms with Gasteiger partial charge in [-0.25, -0.2) is 4.98 Å². The highest BCUT2D eigenvalue weighted by molar-refractivity contribution is 7.11. The van der Waals surface area contributed by atoms with Crippen molar-refractivity contribution < 1.29 is 13.2 Å². The average Bonchev–Trinajstić information content (AvgIpc) is 3.04. The molecule has 3 rings (SSSR count). The van der Waals surface area contributed by atoms with Gasteiger partial charge in [-0.2, -0.15) is 13.2 Å². The summed E-state index contributed by atoms with van der Waals surface area (Å²) in [5.74, 6) is 0. The quantitative estimate of drug-likeness (QED) is 0.842. The highest BCUT2D eigenvalue weighted by Gasteiger charge is 2.35. The van der Waals surface area contributed by atoms with Crippen molar-refractivity contribution in [1.29, 1.82) is 0 Å². The summed E-state index contributed by atoms with van der Waals surface area (Å²) in [6.45, 7) is 5.06. The van der Waals surface area contributed by atoms with Crippen molar-refractivity contribution in [3.63, 3.8) is 0 Å². The first-order chi connectivity index (χ1) is 11.5. The molecule has 1 aliphatic heterocycles. The lowest BCUT2D eigenvalue weighted by Crippen LogP contribution is -2.45. The Bertz CT molecular complexity index is 673. The van der Waals surface area contributed by atoms with Gasteiger partial charge < -0.3 is 5.32 Å². The summed E-state index contributed by atoms with van der Waals surface area (Å²) in [6.07, 6.45) is -2.01. The molecule has 0 radical (unpaired) electrons. The molecule has 2 heterocycles. The van der Waals surface area contributed by atoms with Gasteiger partial charge in [-0.3, -0.25) is 4.90 Å². The first-order valence-corrected chi connectivity index (χ1v) is 8.84. The molecule has 0 amide bonds. The molecule has 1 N–H and O–H groups in total. The number of aromatic nitrogens is 1. The third kappa shape index (κ3) is 4.94. The van der Waals surface area contributed by atoms with E-state index >= 15 is 0 Å². The van der Waals surface area contributed by atoms with E-state index in [-0.39, 0.29) is 18.4 Å². The largest absolute Gasteiger partial charge is 0.443 e. The fourth-order valence-electron chi connectivity index (χ4n) is 2.95. The second-order valence-electron chi connectivity index (χ2n) is 5.92. The van der Waals surface area contributed by atoms with Gasteiger partial charge in [-0.05, 0) is 17.5 Å². The molecule has 25 heavy (non-hydrogen) atoms. The smallest absolute Gasteiger partial charge is 0.314 e. The monoisotopic (exact) mass is 391 g/mol. The predicted molar refractivity (Wildman–Crippen MR) is 96.2 cm³/mol. The molecule has 0 saturated carbocycles. The van der Waals surface area contributed by atoms with E-state index in [0.29, 0.717) is 11.4 Å². The molecule has 0 bridgehead atoms.